The second-order valence-electron chi connectivity index (χ2n) is 2.59. The van der Waals surface area contributed by atoms with Crippen molar-refractivity contribution in [1.29, 1.82) is 0 Å². The predicted octanol–water partition coefficient (Wildman–Crippen LogP) is -0.593. The van der Waals surface area contributed by atoms with E-state index in [0.29, 0.717) is 13.2 Å². The van der Waals surface area contributed by atoms with Gasteiger partial charge in [-0.15, -0.1) is 0 Å². The van der Waals surface area contributed by atoms with Crippen LogP contribution in [0.25, 0.3) is 0 Å². The fraction of sp³-hybridized carbons (Fsp3) is 1.00. The quantitative estimate of drug-likeness (QED) is 0.602. The maximum Gasteiger partial charge on any atom is 0.111 e. The number of aliphatic hydroxyl groups excluding tert-OH is 1. The molecule has 1 heterocycles. The van der Waals surface area contributed by atoms with Gasteiger partial charge < -0.3 is 19.3 Å². The first kappa shape index (κ1) is 8.93. The van der Waals surface area contributed by atoms with Gasteiger partial charge in [0.2, 0.25) is 0 Å². The molecule has 3 atom stereocenters. The lowest BCUT2D eigenvalue weighted by Gasteiger charge is -2.14. The summed E-state index contributed by atoms with van der Waals surface area (Å²) in [5.74, 6) is 0. The van der Waals surface area contributed by atoms with Crippen molar-refractivity contribution in [1.82, 2.24) is 0 Å². The Morgan fingerprint density at radius 1 is 1.55 bits per heavy atom. The first-order valence-corrected chi connectivity index (χ1v) is 3.61. The van der Waals surface area contributed by atoms with Crippen LogP contribution in [0.3, 0.4) is 0 Å². The molecule has 1 N–H and O–H groups in total. The van der Waals surface area contributed by atoms with Gasteiger partial charge in [-0.1, -0.05) is 0 Å². The molecule has 0 aromatic heterocycles. The molecule has 0 spiro atoms. The van der Waals surface area contributed by atoms with E-state index in [1.807, 2.05) is 0 Å². The van der Waals surface area contributed by atoms with E-state index in [9.17, 15) is 5.11 Å². The summed E-state index contributed by atoms with van der Waals surface area (Å²) in [5.41, 5.74) is 0. The van der Waals surface area contributed by atoms with Gasteiger partial charge in [0.15, 0.2) is 0 Å². The second kappa shape index (κ2) is 4.01. The molecular weight excluding hydrogens is 148 g/mol. The normalized spacial score (nSPS) is 37.9. The van der Waals surface area contributed by atoms with Gasteiger partial charge in [0.1, 0.15) is 18.3 Å². The molecule has 0 radical (unpaired) electrons. The van der Waals surface area contributed by atoms with Crippen LogP contribution >= 0.6 is 0 Å². The van der Waals surface area contributed by atoms with Gasteiger partial charge in [0.25, 0.3) is 0 Å². The van der Waals surface area contributed by atoms with Crippen LogP contribution in [-0.2, 0) is 14.2 Å². The molecule has 11 heavy (non-hydrogen) atoms. The fourth-order valence-electron chi connectivity index (χ4n) is 1.17. The van der Waals surface area contributed by atoms with E-state index in [1.165, 1.54) is 0 Å². The summed E-state index contributed by atoms with van der Waals surface area (Å²) >= 11 is 0. The number of aliphatic hydroxyl groups is 1. The van der Waals surface area contributed by atoms with Crippen molar-refractivity contribution < 1.29 is 19.3 Å². The Morgan fingerprint density at radius 3 is 2.73 bits per heavy atom. The Hall–Kier alpha value is -0.160. The van der Waals surface area contributed by atoms with Gasteiger partial charge >= 0.3 is 0 Å². The van der Waals surface area contributed by atoms with E-state index in [-0.39, 0.29) is 12.2 Å². The molecule has 4 heteroatoms. The van der Waals surface area contributed by atoms with Crippen molar-refractivity contribution in [2.24, 2.45) is 0 Å². The minimum atomic E-state index is -0.556. The average molecular weight is 162 g/mol. The van der Waals surface area contributed by atoms with E-state index in [0.717, 1.165) is 0 Å². The second-order valence-corrected chi connectivity index (χ2v) is 2.59. The highest BCUT2D eigenvalue weighted by Crippen LogP contribution is 2.16. The lowest BCUT2D eigenvalue weighted by Crippen LogP contribution is -2.33. The third-order valence-corrected chi connectivity index (χ3v) is 1.87. The first-order valence-electron chi connectivity index (χ1n) is 3.61. The van der Waals surface area contributed by atoms with Crippen LogP contribution in [-0.4, -0.2) is 50.9 Å². The van der Waals surface area contributed by atoms with Crippen LogP contribution in [0.4, 0.5) is 0 Å². The van der Waals surface area contributed by atoms with Crippen molar-refractivity contribution in [3.8, 4) is 0 Å². The van der Waals surface area contributed by atoms with E-state index < -0.39 is 6.10 Å². The summed E-state index contributed by atoms with van der Waals surface area (Å²) in [6.45, 7) is 0.868. The van der Waals surface area contributed by atoms with Gasteiger partial charge in [-0.2, -0.15) is 0 Å². The van der Waals surface area contributed by atoms with Crippen LogP contribution in [0.1, 0.15) is 0 Å². The Balaban J connectivity index is 2.35. The standard InChI is InChI=1S/C7H14O4/c1-9-3-6-7(8)5(10-2)4-11-6/h5-8H,3-4H2,1-2H3/t5-,6-,7?/m1/s1. The van der Waals surface area contributed by atoms with Gasteiger partial charge in [0, 0.05) is 14.2 Å². The summed E-state index contributed by atoms with van der Waals surface area (Å²) < 4.78 is 15.0. The molecule has 4 nitrogen and oxygen atoms in total. The summed E-state index contributed by atoms with van der Waals surface area (Å²) in [4.78, 5) is 0. The van der Waals surface area contributed by atoms with Crippen molar-refractivity contribution in [2.75, 3.05) is 27.4 Å². The molecule has 1 fully saturated rings. The number of hydrogen-bond acceptors (Lipinski definition) is 4. The molecule has 0 saturated carbocycles. The number of methoxy groups -OCH3 is 2. The molecule has 0 bridgehead atoms. The van der Waals surface area contributed by atoms with Crippen molar-refractivity contribution >= 4 is 0 Å². The predicted molar refractivity (Wildman–Crippen MR) is 38.4 cm³/mol. The molecule has 1 aliphatic rings. The third-order valence-electron chi connectivity index (χ3n) is 1.87. The van der Waals surface area contributed by atoms with E-state index in [2.05, 4.69) is 0 Å². The molecule has 0 aromatic rings. The Morgan fingerprint density at radius 2 is 2.27 bits per heavy atom. The SMILES string of the molecule is COC[C@H]1OC[C@@H](OC)C1O. The molecule has 1 unspecified atom stereocenters. The van der Waals surface area contributed by atoms with Crippen LogP contribution in [0, 0.1) is 0 Å². The van der Waals surface area contributed by atoms with Crippen LogP contribution in [0.15, 0.2) is 0 Å². The highest BCUT2D eigenvalue weighted by molar-refractivity contribution is 4.83. The molecule has 0 amide bonds. The zero-order valence-corrected chi connectivity index (χ0v) is 6.82. The molecule has 1 saturated heterocycles. The van der Waals surface area contributed by atoms with Crippen LogP contribution in [0.2, 0.25) is 0 Å². The number of rotatable bonds is 3. The molecular formula is C7H14O4. The van der Waals surface area contributed by atoms with Gasteiger partial charge in [-0.05, 0) is 0 Å². The van der Waals surface area contributed by atoms with Crippen LogP contribution in [0.5, 0.6) is 0 Å². The topological polar surface area (TPSA) is 47.9 Å². The minimum Gasteiger partial charge on any atom is -0.388 e. The lowest BCUT2D eigenvalue weighted by atomic mass is 10.1. The minimum absolute atomic E-state index is 0.199. The maximum atomic E-state index is 9.45. The summed E-state index contributed by atoms with van der Waals surface area (Å²) in [5, 5.41) is 9.45. The molecule has 0 aromatic carbocycles. The largest absolute Gasteiger partial charge is 0.388 e. The van der Waals surface area contributed by atoms with Gasteiger partial charge in [0.05, 0.1) is 13.2 Å². The van der Waals surface area contributed by atoms with Crippen molar-refractivity contribution in [3.05, 3.63) is 0 Å². The van der Waals surface area contributed by atoms with E-state index in [1.54, 1.807) is 14.2 Å². The highest BCUT2D eigenvalue weighted by atomic mass is 16.6. The van der Waals surface area contributed by atoms with Crippen molar-refractivity contribution in [3.63, 3.8) is 0 Å². The maximum absolute atomic E-state index is 9.45. The monoisotopic (exact) mass is 162 g/mol. The third kappa shape index (κ3) is 1.90. The zero-order chi connectivity index (χ0) is 8.27. The fourth-order valence-corrected chi connectivity index (χ4v) is 1.17. The summed E-state index contributed by atoms with van der Waals surface area (Å²) in [6.07, 6.45) is -0.986. The van der Waals surface area contributed by atoms with Gasteiger partial charge in [-0.3, -0.25) is 0 Å². The first-order chi connectivity index (χ1) is 5.29. The van der Waals surface area contributed by atoms with Gasteiger partial charge in [-0.25, -0.2) is 0 Å². The Bertz CT molecular complexity index is 117. The molecule has 66 valence electrons. The Labute approximate surface area is 66.1 Å². The molecule has 1 aliphatic heterocycles. The van der Waals surface area contributed by atoms with E-state index in [4.69, 9.17) is 14.2 Å². The molecule has 0 aliphatic carbocycles. The summed E-state index contributed by atoms with van der Waals surface area (Å²) in [7, 11) is 3.14. The number of hydrogen-bond donors (Lipinski definition) is 1. The van der Waals surface area contributed by atoms with Crippen molar-refractivity contribution in [2.45, 2.75) is 18.3 Å². The highest BCUT2D eigenvalue weighted by Gasteiger charge is 2.35. The van der Waals surface area contributed by atoms with Crippen LogP contribution < -0.4 is 0 Å². The number of ether oxygens (including phenoxy) is 3. The smallest absolute Gasteiger partial charge is 0.111 e. The molecule has 1 rings (SSSR count). The lowest BCUT2D eigenvalue weighted by molar-refractivity contribution is -0.0236. The Kier molecular flexibility index (Phi) is 3.26. The zero-order valence-electron chi connectivity index (χ0n) is 6.82. The van der Waals surface area contributed by atoms with E-state index >= 15 is 0 Å². The summed E-state index contributed by atoms with van der Waals surface area (Å²) in [6, 6.07) is 0. The average Bonchev–Trinajstić information content (AvgIpc) is 2.34.